The van der Waals surface area contributed by atoms with Gasteiger partial charge in [-0.05, 0) is 109 Å². The molecule has 4 heteroatoms. The van der Waals surface area contributed by atoms with E-state index in [1.807, 2.05) is 26.8 Å². The van der Waals surface area contributed by atoms with Crippen molar-refractivity contribution in [3.8, 4) is 0 Å². The average molecular weight is 445 g/mol. The molecule has 32 heavy (non-hydrogen) atoms. The Hall–Kier alpha value is -1.39. The van der Waals surface area contributed by atoms with Gasteiger partial charge in [0.25, 0.3) is 0 Å². The normalized spacial score (nSPS) is 31.6. The second-order valence-corrected chi connectivity index (χ2v) is 12.1. The van der Waals surface area contributed by atoms with E-state index in [0.29, 0.717) is 12.0 Å². The van der Waals surface area contributed by atoms with Crippen LogP contribution >= 0.6 is 0 Å². The fourth-order valence-electron chi connectivity index (χ4n) is 5.63. The monoisotopic (exact) mass is 444 g/mol. The van der Waals surface area contributed by atoms with Crippen LogP contribution in [0.15, 0.2) is 34.9 Å². The Morgan fingerprint density at radius 2 is 1.78 bits per heavy atom. The Morgan fingerprint density at radius 1 is 1.06 bits per heavy atom. The van der Waals surface area contributed by atoms with Gasteiger partial charge in [-0.3, -0.25) is 0 Å². The van der Waals surface area contributed by atoms with E-state index in [2.05, 4.69) is 33.8 Å². The topological polar surface area (TPSA) is 44.8 Å². The third kappa shape index (κ3) is 6.14. The third-order valence-electron chi connectivity index (χ3n) is 7.25. The zero-order valence-electron chi connectivity index (χ0n) is 21.5. The SMILES string of the molecule is COC1CCC(C2=C[C@H]3CC[C@H](OC(C)(C)C)[C@@]3(C)CC2)=C(/C=C/C(=O)OC(C)(C)C)C1. The number of ether oxygens (including phenoxy) is 3. The van der Waals surface area contributed by atoms with Crippen LogP contribution in [-0.2, 0) is 19.0 Å². The number of rotatable bonds is 5. The molecule has 1 saturated carbocycles. The van der Waals surface area contributed by atoms with E-state index in [4.69, 9.17) is 14.2 Å². The molecular formula is C28H44O4. The Kier molecular flexibility index (Phi) is 7.46. The van der Waals surface area contributed by atoms with E-state index in [0.717, 1.165) is 38.5 Å². The number of esters is 1. The van der Waals surface area contributed by atoms with Crippen LogP contribution < -0.4 is 0 Å². The zero-order valence-corrected chi connectivity index (χ0v) is 21.5. The summed E-state index contributed by atoms with van der Waals surface area (Å²) in [7, 11) is 1.78. The van der Waals surface area contributed by atoms with E-state index in [1.54, 1.807) is 13.2 Å². The van der Waals surface area contributed by atoms with Crippen molar-refractivity contribution in [3.05, 3.63) is 34.9 Å². The molecule has 0 radical (unpaired) electrons. The molecule has 3 aliphatic rings. The van der Waals surface area contributed by atoms with Gasteiger partial charge in [-0.1, -0.05) is 19.1 Å². The Balaban J connectivity index is 1.84. The van der Waals surface area contributed by atoms with Crippen molar-refractivity contribution >= 4 is 5.97 Å². The minimum absolute atomic E-state index is 0.104. The Morgan fingerprint density at radius 3 is 2.41 bits per heavy atom. The highest BCUT2D eigenvalue weighted by Gasteiger charge is 2.49. The molecule has 4 atom stereocenters. The van der Waals surface area contributed by atoms with Crippen molar-refractivity contribution < 1.29 is 19.0 Å². The lowest BCUT2D eigenvalue weighted by Gasteiger charge is -2.42. The third-order valence-corrected chi connectivity index (χ3v) is 7.25. The van der Waals surface area contributed by atoms with Crippen molar-refractivity contribution in [2.75, 3.05) is 7.11 Å². The smallest absolute Gasteiger partial charge is 0.331 e. The number of hydrogen-bond donors (Lipinski definition) is 0. The van der Waals surface area contributed by atoms with Gasteiger partial charge in [0.1, 0.15) is 5.60 Å². The minimum atomic E-state index is -0.481. The average Bonchev–Trinajstić information content (AvgIpc) is 2.99. The number of carbonyl (C=O) groups excluding carboxylic acids is 1. The number of carbonyl (C=O) groups is 1. The summed E-state index contributed by atoms with van der Waals surface area (Å²) in [5, 5.41) is 0. The molecule has 0 heterocycles. The summed E-state index contributed by atoms with van der Waals surface area (Å²) in [5.74, 6) is 0.273. The van der Waals surface area contributed by atoms with E-state index in [1.165, 1.54) is 23.1 Å². The van der Waals surface area contributed by atoms with Gasteiger partial charge in [-0.2, -0.15) is 0 Å². The largest absolute Gasteiger partial charge is 0.457 e. The lowest BCUT2D eigenvalue weighted by molar-refractivity contribution is -0.148. The van der Waals surface area contributed by atoms with Gasteiger partial charge in [0, 0.05) is 18.6 Å². The molecular weight excluding hydrogens is 400 g/mol. The predicted molar refractivity (Wildman–Crippen MR) is 129 cm³/mol. The van der Waals surface area contributed by atoms with Crippen LogP contribution in [-0.4, -0.2) is 36.5 Å². The van der Waals surface area contributed by atoms with Crippen molar-refractivity contribution in [2.45, 2.75) is 117 Å². The second-order valence-electron chi connectivity index (χ2n) is 12.1. The highest BCUT2D eigenvalue weighted by molar-refractivity contribution is 5.83. The number of fused-ring (bicyclic) bond motifs is 1. The van der Waals surface area contributed by atoms with Crippen LogP contribution in [0.1, 0.15) is 93.4 Å². The molecule has 0 aromatic carbocycles. The molecule has 0 bridgehead atoms. The molecule has 1 unspecified atom stereocenters. The van der Waals surface area contributed by atoms with Crippen molar-refractivity contribution in [1.82, 2.24) is 0 Å². The fraction of sp³-hybridized carbons (Fsp3) is 0.750. The lowest BCUT2D eigenvalue weighted by Crippen LogP contribution is -2.40. The maximum Gasteiger partial charge on any atom is 0.331 e. The van der Waals surface area contributed by atoms with E-state index in [9.17, 15) is 4.79 Å². The van der Waals surface area contributed by atoms with Gasteiger partial charge in [0.05, 0.1) is 17.8 Å². The van der Waals surface area contributed by atoms with E-state index in [-0.39, 0.29) is 23.1 Å². The second kappa shape index (κ2) is 9.46. The molecule has 0 N–H and O–H groups in total. The van der Waals surface area contributed by atoms with E-state index < -0.39 is 5.60 Å². The van der Waals surface area contributed by atoms with E-state index >= 15 is 0 Å². The van der Waals surface area contributed by atoms with Crippen LogP contribution in [0.2, 0.25) is 0 Å². The van der Waals surface area contributed by atoms with Crippen LogP contribution in [0, 0.1) is 11.3 Å². The summed E-state index contributed by atoms with van der Waals surface area (Å²) in [6, 6.07) is 0. The quantitative estimate of drug-likeness (QED) is 0.350. The highest BCUT2D eigenvalue weighted by Crippen LogP contribution is 2.54. The van der Waals surface area contributed by atoms with Gasteiger partial charge >= 0.3 is 5.97 Å². The minimum Gasteiger partial charge on any atom is -0.457 e. The van der Waals surface area contributed by atoms with Gasteiger partial charge in [0.15, 0.2) is 0 Å². The number of allylic oxidation sites excluding steroid dienone is 4. The molecule has 0 aromatic heterocycles. The predicted octanol–water partition coefficient (Wildman–Crippen LogP) is 6.70. The maximum absolute atomic E-state index is 12.3. The first kappa shape index (κ1) is 25.2. The van der Waals surface area contributed by atoms with Gasteiger partial charge in [-0.15, -0.1) is 0 Å². The molecule has 0 aromatic rings. The summed E-state index contributed by atoms with van der Waals surface area (Å²) >= 11 is 0. The summed E-state index contributed by atoms with van der Waals surface area (Å²) < 4.78 is 17.6. The molecule has 3 rings (SSSR count). The first-order valence-corrected chi connectivity index (χ1v) is 12.4. The maximum atomic E-state index is 12.3. The van der Waals surface area contributed by atoms with Gasteiger partial charge in [0.2, 0.25) is 0 Å². The Labute approximate surface area is 195 Å². The Bertz CT molecular complexity index is 789. The van der Waals surface area contributed by atoms with Gasteiger partial charge < -0.3 is 14.2 Å². The first-order valence-electron chi connectivity index (χ1n) is 12.4. The molecule has 0 amide bonds. The molecule has 0 saturated heterocycles. The summed E-state index contributed by atoms with van der Waals surface area (Å²) in [6.45, 7) is 14.6. The van der Waals surface area contributed by atoms with Crippen molar-refractivity contribution in [2.24, 2.45) is 11.3 Å². The highest BCUT2D eigenvalue weighted by atomic mass is 16.6. The number of hydrogen-bond acceptors (Lipinski definition) is 4. The van der Waals surface area contributed by atoms with Crippen LogP contribution in [0.5, 0.6) is 0 Å². The molecule has 0 spiro atoms. The molecule has 1 fully saturated rings. The molecule has 180 valence electrons. The summed E-state index contributed by atoms with van der Waals surface area (Å²) in [5.41, 5.74) is 3.75. The van der Waals surface area contributed by atoms with Crippen LogP contribution in [0.25, 0.3) is 0 Å². The van der Waals surface area contributed by atoms with Crippen LogP contribution in [0.4, 0.5) is 0 Å². The fourth-order valence-corrected chi connectivity index (χ4v) is 5.63. The van der Waals surface area contributed by atoms with Crippen LogP contribution in [0.3, 0.4) is 0 Å². The molecule has 3 aliphatic carbocycles. The summed E-state index contributed by atoms with van der Waals surface area (Å²) in [4.78, 5) is 12.3. The number of methoxy groups -OCH3 is 1. The van der Waals surface area contributed by atoms with Crippen molar-refractivity contribution in [3.63, 3.8) is 0 Å². The lowest BCUT2D eigenvalue weighted by atomic mass is 9.67. The first-order chi connectivity index (χ1) is 14.8. The standard InChI is InChI=1S/C28H44O4/c1-26(2,3)31-24-13-10-21-17-20(15-16-28(21,24)7)23-12-11-22(30-8)18-19(23)9-14-25(29)32-27(4,5)6/h9,14,17,21-22,24H,10-13,15-16,18H2,1-8H3/b14-9+/t21-,22?,24+,28+/m1/s1. The van der Waals surface area contributed by atoms with Crippen molar-refractivity contribution in [1.29, 1.82) is 0 Å². The van der Waals surface area contributed by atoms with Gasteiger partial charge in [-0.25, -0.2) is 4.79 Å². The molecule has 0 aliphatic heterocycles. The molecule has 4 nitrogen and oxygen atoms in total. The zero-order chi connectivity index (χ0) is 23.7. The summed E-state index contributed by atoms with van der Waals surface area (Å²) in [6.07, 6.45) is 14.1.